The van der Waals surface area contributed by atoms with Crippen molar-refractivity contribution >= 4 is 14.6 Å². The zero-order valence-electron chi connectivity index (χ0n) is 7.89. The third-order valence-electron chi connectivity index (χ3n) is 0. The van der Waals surface area contributed by atoms with Crippen molar-refractivity contribution in [2.45, 2.75) is 0 Å². The maximum Gasteiger partial charge on any atom is 1.00 e. The summed E-state index contributed by atoms with van der Waals surface area (Å²) < 4.78 is 39.0. The number of hydrogen-bond acceptors (Lipinski definition) is 3. The van der Waals surface area contributed by atoms with Crippen molar-refractivity contribution in [1.29, 1.82) is 0 Å². The van der Waals surface area contributed by atoms with Crippen LogP contribution in [0.3, 0.4) is 0 Å². The Balaban J connectivity index is -0.0000000146. The molecule has 0 bridgehead atoms. The van der Waals surface area contributed by atoms with E-state index >= 15 is 0 Å². The van der Waals surface area contributed by atoms with Gasteiger partial charge in [-0.1, -0.05) is 0 Å². The number of hydrogen-bond donors (Lipinski definition) is 0. The summed E-state index contributed by atoms with van der Waals surface area (Å²) in [6, 6.07) is 0. The van der Waals surface area contributed by atoms with Gasteiger partial charge >= 0.3 is 213 Å². The van der Waals surface area contributed by atoms with Crippen molar-refractivity contribution in [2.24, 2.45) is 0 Å². The summed E-state index contributed by atoms with van der Waals surface area (Å²) in [6.45, 7) is 0. The Labute approximate surface area is 244 Å². The second-order valence-electron chi connectivity index (χ2n) is 0.784. The molecular weight excluding hydrogens is 302 g/mol. The van der Waals surface area contributed by atoms with Gasteiger partial charge in [-0.2, -0.15) is 0 Å². The Bertz CT molecular complexity index is 62.1. The van der Waals surface area contributed by atoms with Crippen molar-refractivity contribution in [2.75, 3.05) is 0 Å². The van der Waals surface area contributed by atoms with Crippen LogP contribution < -0.4 is 221 Å². The van der Waals surface area contributed by atoms with Crippen LogP contribution in [0.15, 0.2) is 0 Å². The number of rotatable bonds is 0. The topological polar surface area (TPSA) is 69.2 Å². The van der Waals surface area contributed by atoms with Gasteiger partial charge < -0.3 is 32.3 Å². The summed E-state index contributed by atoms with van der Waals surface area (Å²) in [4.78, 5) is 0. The van der Waals surface area contributed by atoms with Crippen LogP contribution in [0.2, 0.25) is 0 Å². The molecule has 0 N–H and O–H groups in total. The van der Waals surface area contributed by atoms with Gasteiger partial charge in [-0.3, -0.25) is 7.32 Å². The average Bonchev–Trinajstić information content (AvgIpc) is 1.19. The maximum absolute atomic E-state index is 9.75. The van der Waals surface area contributed by atoms with Crippen molar-refractivity contribution in [3.05, 3.63) is 0 Å². The predicted octanol–water partition coefficient (Wildman–Crippen LogP) is -14.6. The van der Waals surface area contributed by atoms with Gasteiger partial charge in [0, 0.05) is 0 Å². The van der Waals surface area contributed by atoms with Crippen LogP contribution in [0, 0.1) is 0 Å². The fourth-order valence-corrected chi connectivity index (χ4v) is 0. The molecule has 0 unspecified atom stereocenters. The SMILES string of the molecule is F[B-](F)(F)F.[K+].[K+].[K+].[K+].[O-]B([O-])[O-]. The van der Waals surface area contributed by atoms with E-state index < -0.39 is 14.6 Å². The molecule has 3 nitrogen and oxygen atoms in total. The fourth-order valence-electron chi connectivity index (χ4n) is 0. The zero-order chi connectivity index (χ0) is 8.08. The Morgan fingerprint density at radius 3 is 0.692 bits per heavy atom. The van der Waals surface area contributed by atoms with E-state index in [1.807, 2.05) is 0 Å². The monoisotopic (exact) mass is 302 g/mol. The molecule has 0 heterocycles. The van der Waals surface area contributed by atoms with E-state index in [0.29, 0.717) is 0 Å². The van der Waals surface area contributed by atoms with Gasteiger partial charge in [0.05, 0.1) is 0 Å². The van der Waals surface area contributed by atoms with Gasteiger partial charge in [0.15, 0.2) is 0 Å². The molecule has 0 aliphatic heterocycles. The summed E-state index contributed by atoms with van der Waals surface area (Å²) in [5.74, 6) is 0. The van der Waals surface area contributed by atoms with Crippen LogP contribution in [-0.2, 0) is 0 Å². The summed E-state index contributed by atoms with van der Waals surface area (Å²) in [5.41, 5.74) is 0. The van der Waals surface area contributed by atoms with Gasteiger partial charge in [0.2, 0.25) is 0 Å². The molecule has 13 heteroatoms. The van der Waals surface area contributed by atoms with E-state index in [4.69, 9.17) is 15.1 Å². The Hall–Kier alpha value is 6.28. The maximum atomic E-state index is 9.75. The van der Waals surface area contributed by atoms with E-state index in [1.165, 1.54) is 0 Å². The predicted molar refractivity (Wildman–Crippen MR) is 15.9 cm³/mol. The first-order valence-corrected chi connectivity index (χ1v) is 1.58. The summed E-state index contributed by atoms with van der Waals surface area (Å²) in [7, 11) is -8.92. The first kappa shape index (κ1) is 36.5. The molecule has 0 rings (SSSR count). The molecule has 0 aromatic rings. The normalized spacial score (nSPS) is 6.69. The quantitative estimate of drug-likeness (QED) is 0.330. The van der Waals surface area contributed by atoms with Crippen molar-refractivity contribution in [3.63, 3.8) is 0 Å². The molecule has 0 spiro atoms. The Kier molecular flexibility index (Phi) is 65.7. The minimum atomic E-state index is -6.00. The second-order valence-corrected chi connectivity index (χ2v) is 0.784. The fraction of sp³-hybridized carbons (Fsp3) is 0. The summed E-state index contributed by atoms with van der Waals surface area (Å²) >= 11 is 0. The van der Waals surface area contributed by atoms with Gasteiger partial charge in [-0.15, -0.1) is 0 Å². The van der Waals surface area contributed by atoms with Crippen molar-refractivity contribution in [1.82, 2.24) is 0 Å². The molecule has 56 valence electrons. The Morgan fingerprint density at radius 2 is 0.692 bits per heavy atom. The molecule has 13 heavy (non-hydrogen) atoms. The van der Waals surface area contributed by atoms with E-state index in [2.05, 4.69) is 0 Å². The summed E-state index contributed by atoms with van der Waals surface area (Å²) in [5, 5.41) is 25.2. The first-order valence-electron chi connectivity index (χ1n) is 1.58. The van der Waals surface area contributed by atoms with Crippen LogP contribution in [0.5, 0.6) is 0 Å². The van der Waals surface area contributed by atoms with Crippen LogP contribution in [0.4, 0.5) is 17.3 Å². The molecule has 0 aromatic carbocycles. The first-order chi connectivity index (χ1) is 3.73. The molecule has 0 atom stereocenters. The Morgan fingerprint density at radius 1 is 0.692 bits per heavy atom. The molecule has 0 amide bonds. The van der Waals surface area contributed by atoms with Gasteiger partial charge in [-0.05, 0) is 0 Å². The summed E-state index contributed by atoms with van der Waals surface area (Å²) in [6.07, 6.45) is 0. The van der Waals surface area contributed by atoms with Gasteiger partial charge in [0.1, 0.15) is 0 Å². The average molecular weight is 302 g/mol. The van der Waals surface area contributed by atoms with E-state index in [-0.39, 0.29) is 206 Å². The molecule has 0 aliphatic carbocycles. The van der Waals surface area contributed by atoms with Gasteiger partial charge in [0.25, 0.3) is 0 Å². The number of halogens is 4. The zero-order valence-corrected chi connectivity index (χ0v) is 20.4. The van der Waals surface area contributed by atoms with Crippen LogP contribution in [0.1, 0.15) is 0 Å². The largest absolute Gasteiger partial charge is 1.00 e. The molecule has 0 saturated carbocycles. The molecule has 0 saturated heterocycles. The molecule has 0 radical (unpaired) electrons. The third kappa shape index (κ3) is 123. The van der Waals surface area contributed by atoms with Crippen molar-refractivity contribution < 1.29 is 238 Å². The minimum Gasteiger partial charge on any atom is -0.907 e. The molecule has 0 aliphatic rings. The second kappa shape index (κ2) is 23.4. The third-order valence-corrected chi connectivity index (χ3v) is 0. The van der Waals surface area contributed by atoms with E-state index in [0.717, 1.165) is 0 Å². The van der Waals surface area contributed by atoms with Crippen molar-refractivity contribution in [3.8, 4) is 0 Å². The van der Waals surface area contributed by atoms with Crippen LogP contribution in [-0.4, -0.2) is 14.6 Å². The van der Waals surface area contributed by atoms with E-state index in [1.54, 1.807) is 0 Å². The standard InChI is InChI=1S/BF4.BO3.4K/c2-1(3,4)5;2-1(3)4;;;;/q-1;-3;4*+1. The minimum absolute atomic E-state index is 0. The van der Waals surface area contributed by atoms with Gasteiger partial charge in [-0.25, -0.2) is 0 Å². The smallest absolute Gasteiger partial charge is 0.907 e. The van der Waals surface area contributed by atoms with Crippen LogP contribution >= 0.6 is 0 Å². The van der Waals surface area contributed by atoms with Crippen LogP contribution in [0.25, 0.3) is 0 Å². The van der Waals surface area contributed by atoms with E-state index in [9.17, 15) is 17.3 Å². The molecule has 0 fully saturated rings. The molecule has 0 aromatic heterocycles. The molecular formula is B2F4K4O3.